The molecule has 35 heavy (non-hydrogen) atoms. The Morgan fingerprint density at radius 2 is 1.91 bits per heavy atom. The molecule has 0 aliphatic carbocycles. The number of hydrogen-bond donors (Lipinski definition) is 2. The number of rotatable bonds is 7. The Balaban J connectivity index is 1.72. The van der Waals surface area contributed by atoms with Gasteiger partial charge in [-0.1, -0.05) is 11.6 Å². The Morgan fingerprint density at radius 1 is 1.17 bits per heavy atom. The van der Waals surface area contributed by atoms with Gasteiger partial charge in [-0.2, -0.15) is 13.2 Å². The zero-order chi connectivity index (χ0) is 25.2. The molecule has 3 aromatic rings. The first-order valence-corrected chi connectivity index (χ1v) is 12.2. The second kappa shape index (κ2) is 10.6. The monoisotopic (exact) mass is 526 g/mol. The van der Waals surface area contributed by atoms with Gasteiger partial charge in [0.05, 0.1) is 29.4 Å². The summed E-state index contributed by atoms with van der Waals surface area (Å²) in [4.78, 5) is 30.3. The Labute approximate surface area is 208 Å². The number of alkyl halides is 3. The molecule has 4 rings (SSSR count). The number of H-pyrrole nitrogens is 1. The Bertz CT molecular complexity index is 1310. The number of aromatic hydroxyl groups is 1. The SMILES string of the molecule is O=C(CCN1CCOCC1)CSc1c(-c2cc(Cl)ccc2O)c2cc(C(F)(F)F)ccc2[nH]c1=O. The Morgan fingerprint density at radius 3 is 2.63 bits per heavy atom. The summed E-state index contributed by atoms with van der Waals surface area (Å²) < 4.78 is 45.7. The number of Topliss-reactive ketones (excluding diaryl/α,β-unsaturated/α-hetero) is 1. The molecule has 2 N–H and O–H groups in total. The highest BCUT2D eigenvalue weighted by Crippen LogP contribution is 2.42. The molecule has 2 aromatic carbocycles. The summed E-state index contributed by atoms with van der Waals surface area (Å²) in [6, 6.07) is 7.09. The van der Waals surface area contributed by atoms with E-state index in [2.05, 4.69) is 9.88 Å². The number of nitrogens with one attached hydrogen (secondary N) is 1. The number of halogens is 4. The fraction of sp³-hybridized carbons (Fsp3) is 0.333. The fourth-order valence-corrected chi connectivity index (χ4v) is 5.07. The second-order valence-corrected chi connectivity index (χ2v) is 9.53. The van der Waals surface area contributed by atoms with Gasteiger partial charge in [0.2, 0.25) is 0 Å². The molecule has 186 valence electrons. The minimum atomic E-state index is -4.61. The van der Waals surface area contributed by atoms with E-state index in [1.807, 2.05) is 0 Å². The van der Waals surface area contributed by atoms with Crippen molar-refractivity contribution in [2.75, 3.05) is 38.6 Å². The molecule has 11 heteroatoms. The number of ketones is 1. The second-order valence-electron chi connectivity index (χ2n) is 8.11. The van der Waals surface area contributed by atoms with Gasteiger partial charge in [-0.3, -0.25) is 14.5 Å². The number of fused-ring (bicyclic) bond motifs is 1. The molecule has 1 saturated heterocycles. The van der Waals surface area contributed by atoms with Gasteiger partial charge in [0, 0.05) is 53.1 Å². The number of nitrogens with zero attached hydrogens (tertiary/aromatic N) is 1. The van der Waals surface area contributed by atoms with Crippen molar-refractivity contribution < 1.29 is 27.8 Å². The van der Waals surface area contributed by atoms with Crippen molar-refractivity contribution in [1.82, 2.24) is 9.88 Å². The average molecular weight is 527 g/mol. The number of carbonyl (C=O) groups excluding carboxylic acids is 1. The van der Waals surface area contributed by atoms with Crippen LogP contribution in [0.1, 0.15) is 12.0 Å². The highest BCUT2D eigenvalue weighted by atomic mass is 35.5. The van der Waals surface area contributed by atoms with Gasteiger partial charge in [-0.25, -0.2) is 0 Å². The predicted octanol–water partition coefficient (Wildman–Crippen LogP) is 4.96. The van der Waals surface area contributed by atoms with E-state index in [1.54, 1.807) is 0 Å². The lowest BCUT2D eigenvalue weighted by molar-refractivity contribution is -0.137. The van der Waals surface area contributed by atoms with E-state index in [4.69, 9.17) is 16.3 Å². The largest absolute Gasteiger partial charge is 0.507 e. The number of aromatic nitrogens is 1. The van der Waals surface area contributed by atoms with Crippen molar-refractivity contribution >= 4 is 40.0 Å². The first-order chi connectivity index (χ1) is 16.6. The summed E-state index contributed by atoms with van der Waals surface area (Å²) in [5.74, 6) is -0.405. The summed E-state index contributed by atoms with van der Waals surface area (Å²) in [6.07, 6.45) is -4.34. The zero-order valence-corrected chi connectivity index (χ0v) is 20.0. The number of thioether (sulfide) groups is 1. The smallest absolute Gasteiger partial charge is 0.416 e. The van der Waals surface area contributed by atoms with Crippen molar-refractivity contribution in [3.05, 3.63) is 57.3 Å². The van der Waals surface area contributed by atoms with Crippen LogP contribution in [-0.4, -0.2) is 59.4 Å². The summed E-state index contributed by atoms with van der Waals surface area (Å²) in [5.41, 5.74) is -1.10. The third-order valence-electron chi connectivity index (χ3n) is 5.71. The molecule has 1 aliphatic rings. The molecule has 1 aromatic heterocycles. The topological polar surface area (TPSA) is 82.6 Å². The number of benzene rings is 2. The van der Waals surface area contributed by atoms with E-state index in [0.29, 0.717) is 19.8 Å². The Hall–Kier alpha value is -2.53. The highest BCUT2D eigenvalue weighted by molar-refractivity contribution is 8.00. The predicted molar refractivity (Wildman–Crippen MR) is 129 cm³/mol. The molecule has 6 nitrogen and oxygen atoms in total. The molecule has 0 amide bonds. The third kappa shape index (κ3) is 6.00. The molecular formula is C24H22ClF3N2O4S. The molecule has 0 radical (unpaired) electrons. The first kappa shape index (κ1) is 25.6. The number of aromatic amines is 1. The molecule has 2 heterocycles. The lowest BCUT2D eigenvalue weighted by atomic mass is 9.98. The number of morpholine rings is 1. The molecule has 0 bridgehead atoms. The standard InChI is InChI=1S/C24H22ClF3N2O4S/c25-15-2-4-20(32)18(12-15)21-17-11-14(24(26,27)28)1-3-19(17)29-23(33)22(21)35-13-16(31)5-6-30-7-9-34-10-8-30/h1-4,11-12,32H,5-10,13H2,(H,29,33). The minimum absolute atomic E-state index is 0.0362. The van der Waals surface area contributed by atoms with Gasteiger partial charge in [0.1, 0.15) is 11.5 Å². The average Bonchev–Trinajstić information content (AvgIpc) is 2.82. The van der Waals surface area contributed by atoms with Crippen LogP contribution in [0, 0.1) is 0 Å². The number of pyridine rings is 1. The van der Waals surface area contributed by atoms with Gasteiger partial charge >= 0.3 is 6.18 Å². The van der Waals surface area contributed by atoms with Crippen LogP contribution in [0.25, 0.3) is 22.0 Å². The van der Waals surface area contributed by atoms with Crippen LogP contribution >= 0.6 is 23.4 Å². The first-order valence-electron chi connectivity index (χ1n) is 10.8. The van der Waals surface area contributed by atoms with Crippen molar-refractivity contribution in [2.45, 2.75) is 17.5 Å². The normalized spacial score (nSPS) is 15.0. The number of phenolic OH excluding ortho intramolecular Hbond substituents is 1. The van der Waals surface area contributed by atoms with E-state index in [1.165, 1.54) is 24.3 Å². The van der Waals surface area contributed by atoms with Gasteiger partial charge in [-0.15, -0.1) is 11.8 Å². The van der Waals surface area contributed by atoms with Crippen molar-refractivity contribution in [3.63, 3.8) is 0 Å². The molecule has 1 aliphatic heterocycles. The third-order valence-corrected chi connectivity index (χ3v) is 7.09. The number of ether oxygens (including phenoxy) is 1. The van der Waals surface area contributed by atoms with E-state index < -0.39 is 17.3 Å². The highest BCUT2D eigenvalue weighted by Gasteiger charge is 2.31. The molecule has 0 saturated carbocycles. The van der Waals surface area contributed by atoms with Crippen LogP contribution in [0.5, 0.6) is 5.75 Å². The van der Waals surface area contributed by atoms with Crippen LogP contribution in [0.2, 0.25) is 5.02 Å². The minimum Gasteiger partial charge on any atom is -0.507 e. The van der Waals surface area contributed by atoms with Crippen LogP contribution in [0.3, 0.4) is 0 Å². The molecule has 0 atom stereocenters. The lowest BCUT2D eigenvalue weighted by Crippen LogP contribution is -2.37. The molecule has 0 spiro atoms. The summed E-state index contributed by atoms with van der Waals surface area (Å²) in [5, 5.41) is 10.8. The maximum atomic E-state index is 13.5. The van der Waals surface area contributed by atoms with E-state index in [-0.39, 0.29) is 55.7 Å². The summed E-state index contributed by atoms with van der Waals surface area (Å²) in [7, 11) is 0. The fourth-order valence-electron chi connectivity index (χ4n) is 3.90. The molecular weight excluding hydrogens is 505 g/mol. The van der Waals surface area contributed by atoms with Gasteiger partial charge in [0.15, 0.2) is 0 Å². The van der Waals surface area contributed by atoms with E-state index in [9.17, 15) is 27.9 Å². The van der Waals surface area contributed by atoms with Gasteiger partial charge in [-0.05, 0) is 36.4 Å². The van der Waals surface area contributed by atoms with E-state index in [0.717, 1.165) is 37.0 Å². The van der Waals surface area contributed by atoms with Crippen molar-refractivity contribution in [2.24, 2.45) is 0 Å². The van der Waals surface area contributed by atoms with Gasteiger partial charge in [0.25, 0.3) is 5.56 Å². The maximum absolute atomic E-state index is 13.5. The zero-order valence-electron chi connectivity index (χ0n) is 18.5. The maximum Gasteiger partial charge on any atom is 0.416 e. The number of phenols is 1. The van der Waals surface area contributed by atoms with Crippen molar-refractivity contribution in [1.29, 1.82) is 0 Å². The van der Waals surface area contributed by atoms with Crippen LogP contribution in [-0.2, 0) is 15.7 Å². The lowest BCUT2D eigenvalue weighted by Gasteiger charge is -2.26. The molecule has 0 unspecified atom stereocenters. The van der Waals surface area contributed by atoms with Crippen LogP contribution < -0.4 is 5.56 Å². The summed E-state index contributed by atoms with van der Waals surface area (Å²) >= 11 is 7.04. The van der Waals surface area contributed by atoms with Crippen LogP contribution in [0.4, 0.5) is 13.2 Å². The molecule has 1 fully saturated rings. The number of hydrogen-bond acceptors (Lipinski definition) is 6. The van der Waals surface area contributed by atoms with Crippen molar-refractivity contribution in [3.8, 4) is 16.9 Å². The number of carbonyl (C=O) groups is 1. The Kier molecular flexibility index (Phi) is 7.75. The van der Waals surface area contributed by atoms with Crippen LogP contribution in [0.15, 0.2) is 46.1 Å². The van der Waals surface area contributed by atoms with E-state index >= 15 is 0 Å². The quantitative estimate of drug-likeness (QED) is 0.424. The van der Waals surface area contributed by atoms with Gasteiger partial charge < -0.3 is 14.8 Å². The summed E-state index contributed by atoms with van der Waals surface area (Å²) in [6.45, 7) is 3.27.